The number of primary amides is 1. The molecular formula is C21H22N2O5. The van der Waals surface area contributed by atoms with Crippen LogP contribution in [0.1, 0.15) is 11.1 Å². The molecule has 0 aliphatic carbocycles. The number of carboxylic acids is 2. The van der Waals surface area contributed by atoms with Crippen LogP contribution in [0.3, 0.4) is 0 Å². The fraction of sp³-hybridized carbons (Fsp3) is 0.190. The van der Waals surface area contributed by atoms with Gasteiger partial charge in [0.15, 0.2) is 0 Å². The summed E-state index contributed by atoms with van der Waals surface area (Å²) in [5.41, 5.74) is 7.09. The van der Waals surface area contributed by atoms with Crippen molar-refractivity contribution in [3.63, 3.8) is 0 Å². The fourth-order valence-corrected chi connectivity index (χ4v) is 3.26. The Labute approximate surface area is 162 Å². The highest BCUT2D eigenvalue weighted by Crippen LogP contribution is 2.41. The van der Waals surface area contributed by atoms with Crippen molar-refractivity contribution in [1.29, 1.82) is 0 Å². The van der Waals surface area contributed by atoms with E-state index >= 15 is 0 Å². The Bertz CT molecular complexity index is 790. The number of aliphatic carboxylic acids is 2. The van der Waals surface area contributed by atoms with Crippen molar-refractivity contribution in [2.24, 2.45) is 11.7 Å². The Morgan fingerprint density at radius 3 is 1.50 bits per heavy atom. The maximum Gasteiger partial charge on any atom is 0.328 e. The summed E-state index contributed by atoms with van der Waals surface area (Å²) < 4.78 is 0. The van der Waals surface area contributed by atoms with Gasteiger partial charge in [-0.2, -0.15) is 0 Å². The summed E-state index contributed by atoms with van der Waals surface area (Å²) in [6.07, 6.45) is 1.12. The number of hydrogen-bond donors (Lipinski definition) is 4. The molecule has 0 unspecified atom stereocenters. The SMILES string of the molecule is NC(=O)C(c1ccccc1)(c1ccccc1)C1CNC1.O=C(O)/C=C/C(=O)O. The molecule has 1 saturated heterocycles. The maximum absolute atomic E-state index is 12.5. The molecular weight excluding hydrogens is 360 g/mol. The minimum absolute atomic E-state index is 0.199. The summed E-state index contributed by atoms with van der Waals surface area (Å²) in [5, 5.41) is 18.9. The number of benzene rings is 2. The largest absolute Gasteiger partial charge is 0.478 e. The molecule has 0 saturated carbocycles. The summed E-state index contributed by atoms with van der Waals surface area (Å²) >= 11 is 0. The molecule has 1 amide bonds. The van der Waals surface area contributed by atoms with E-state index in [0.717, 1.165) is 24.2 Å². The molecule has 1 aliphatic rings. The van der Waals surface area contributed by atoms with Crippen LogP contribution in [0.5, 0.6) is 0 Å². The van der Waals surface area contributed by atoms with Gasteiger partial charge in [-0.25, -0.2) is 9.59 Å². The van der Waals surface area contributed by atoms with E-state index in [2.05, 4.69) is 5.32 Å². The molecule has 7 nitrogen and oxygen atoms in total. The summed E-state index contributed by atoms with van der Waals surface area (Å²) in [4.78, 5) is 31.6. The van der Waals surface area contributed by atoms with Crippen LogP contribution in [0, 0.1) is 5.92 Å². The number of rotatable bonds is 6. The third-order valence-electron chi connectivity index (χ3n) is 4.61. The van der Waals surface area contributed by atoms with E-state index in [0.29, 0.717) is 12.2 Å². The average molecular weight is 382 g/mol. The molecule has 0 aromatic heterocycles. The number of hydrogen-bond acceptors (Lipinski definition) is 4. The zero-order chi connectivity index (χ0) is 20.6. The molecule has 2 aromatic rings. The van der Waals surface area contributed by atoms with E-state index < -0.39 is 17.4 Å². The van der Waals surface area contributed by atoms with Gasteiger partial charge in [0.05, 0.1) is 0 Å². The lowest BCUT2D eigenvalue weighted by molar-refractivity contribution is -0.134. The highest BCUT2D eigenvalue weighted by molar-refractivity contribution is 5.91. The van der Waals surface area contributed by atoms with Crippen LogP contribution in [-0.4, -0.2) is 41.1 Å². The molecule has 0 atom stereocenters. The van der Waals surface area contributed by atoms with E-state index in [4.69, 9.17) is 15.9 Å². The van der Waals surface area contributed by atoms with E-state index in [9.17, 15) is 14.4 Å². The highest BCUT2D eigenvalue weighted by atomic mass is 16.4. The molecule has 0 spiro atoms. The molecule has 0 bridgehead atoms. The number of carbonyl (C=O) groups is 3. The smallest absolute Gasteiger partial charge is 0.328 e. The number of amides is 1. The van der Waals surface area contributed by atoms with E-state index in [1.807, 2.05) is 60.7 Å². The van der Waals surface area contributed by atoms with Crippen LogP contribution in [0.4, 0.5) is 0 Å². The van der Waals surface area contributed by atoms with Crippen LogP contribution in [0.25, 0.3) is 0 Å². The van der Waals surface area contributed by atoms with Crippen molar-refractivity contribution in [3.05, 3.63) is 83.9 Å². The van der Waals surface area contributed by atoms with Crippen LogP contribution in [0.2, 0.25) is 0 Å². The van der Waals surface area contributed by atoms with Gasteiger partial charge in [0, 0.05) is 31.2 Å². The summed E-state index contributed by atoms with van der Waals surface area (Å²) in [6, 6.07) is 19.7. The van der Waals surface area contributed by atoms with Crippen LogP contribution < -0.4 is 11.1 Å². The minimum atomic E-state index is -1.26. The molecule has 1 fully saturated rings. The minimum Gasteiger partial charge on any atom is -0.478 e. The van der Waals surface area contributed by atoms with Gasteiger partial charge in [0.25, 0.3) is 0 Å². The quantitative estimate of drug-likeness (QED) is 0.559. The van der Waals surface area contributed by atoms with Gasteiger partial charge in [-0.15, -0.1) is 0 Å². The summed E-state index contributed by atoms with van der Waals surface area (Å²) in [6.45, 7) is 1.62. The van der Waals surface area contributed by atoms with Gasteiger partial charge in [-0.3, -0.25) is 4.79 Å². The monoisotopic (exact) mass is 382 g/mol. The first-order chi connectivity index (χ1) is 13.4. The summed E-state index contributed by atoms with van der Waals surface area (Å²) in [7, 11) is 0. The normalized spacial score (nSPS) is 13.9. The lowest BCUT2D eigenvalue weighted by Gasteiger charge is -2.44. The molecule has 146 valence electrons. The predicted molar refractivity (Wildman–Crippen MR) is 104 cm³/mol. The Hall–Kier alpha value is -3.45. The Morgan fingerprint density at radius 2 is 1.25 bits per heavy atom. The van der Waals surface area contributed by atoms with Gasteiger partial charge in [-0.05, 0) is 11.1 Å². The Kier molecular flexibility index (Phi) is 7.06. The molecule has 2 aromatic carbocycles. The Morgan fingerprint density at radius 1 is 0.857 bits per heavy atom. The first kappa shape index (κ1) is 20.9. The van der Waals surface area contributed by atoms with Gasteiger partial charge in [0.1, 0.15) is 5.41 Å². The second kappa shape index (κ2) is 9.48. The lowest BCUT2D eigenvalue weighted by Crippen LogP contribution is -2.60. The predicted octanol–water partition coefficient (Wildman–Crippen LogP) is 1.39. The van der Waals surface area contributed by atoms with Crippen molar-refractivity contribution in [1.82, 2.24) is 5.32 Å². The number of nitrogens with one attached hydrogen (secondary N) is 1. The van der Waals surface area contributed by atoms with Gasteiger partial charge < -0.3 is 21.3 Å². The van der Waals surface area contributed by atoms with Crippen molar-refractivity contribution in [2.45, 2.75) is 5.41 Å². The third kappa shape index (κ3) is 4.63. The van der Waals surface area contributed by atoms with Gasteiger partial charge >= 0.3 is 11.9 Å². The van der Waals surface area contributed by atoms with Crippen LogP contribution in [-0.2, 0) is 19.8 Å². The zero-order valence-electron chi connectivity index (χ0n) is 15.1. The van der Waals surface area contributed by atoms with E-state index in [1.165, 1.54) is 0 Å². The molecule has 0 radical (unpaired) electrons. The van der Waals surface area contributed by atoms with Gasteiger partial charge in [0.2, 0.25) is 5.91 Å². The lowest BCUT2D eigenvalue weighted by atomic mass is 9.63. The Balaban J connectivity index is 0.000000300. The standard InChI is InChI=1S/C17H18N2O.C4H4O4/c18-16(20)17(15-11-19-12-15,13-7-3-1-4-8-13)14-9-5-2-6-10-14;5-3(6)1-2-4(7)8/h1-10,15,19H,11-12H2,(H2,18,20);1-2H,(H,5,6)(H,7,8)/b;2-1+. The molecule has 3 rings (SSSR count). The highest BCUT2D eigenvalue weighted by Gasteiger charge is 2.49. The van der Waals surface area contributed by atoms with E-state index in [1.54, 1.807) is 0 Å². The molecule has 7 heteroatoms. The first-order valence-electron chi connectivity index (χ1n) is 8.64. The van der Waals surface area contributed by atoms with Crippen LogP contribution in [0.15, 0.2) is 72.8 Å². The van der Waals surface area contributed by atoms with Gasteiger partial charge in [-0.1, -0.05) is 60.7 Å². The molecule has 1 heterocycles. The van der Waals surface area contributed by atoms with Crippen molar-refractivity contribution in [2.75, 3.05) is 13.1 Å². The molecule has 5 N–H and O–H groups in total. The summed E-state index contributed by atoms with van der Waals surface area (Å²) in [5.74, 6) is -2.59. The fourth-order valence-electron chi connectivity index (χ4n) is 3.26. The zero-order valence-corrected chi connectivity index (χ0v) is 15.1. The van der Waals surface area contributed by atoms with Crippen molar-refractivity contribution in [3.8, 4) is 0 Å². The van der Waals surface area contributed by atoms with Crippen molar-refractivity contribution < 1.29 is 24.6 Å². The number of nitrogens with two attached hydrogens (primary N) is 1. The second-order valence-corrected chi connectivity index (χ2v) is 6.27. The third-order valence-corrected chi connectivity index (χ3v) is 4.61. The molecule has 1 aliphatic heterocycles. The number of carboxylic acid groups (broad SMARTS) is 2. The van der Waals surface area contributed by atoms with E-state index in [-0.39, 0.29) is 11.8 Å². The van der Waals surface area contributed by atoms with Crippen LogP contribution >= 0.6 is 0 Å². The first-order valence-corrected chi connectivity index (χ1v) is 8.64. The average Bonchev–Trinajstić information content (AvgIpc) is 2.64. The topological polar surface area (TPSA) is 130 Å². The number of carbonyl (C=O) groups excluding carboxylic acids is 1. The maximum atomic E-state index is 12.5. The second-order valence-electron chi connectivity index (χ2n) is 6.27. The van der Waals surface area contributed by atoms with Crippen molar-refractivity contribution >= 4 is 17.8 Å². The molecule has 28 heavy (non-hydrogen) atoms.